The van der Waals surface area contributed by atoms with Crippen LogP contribution in [0.1, 0.15) is 11.1 Å². The summed E-state index contributed by atoms with van der Waals surface area (Å²) in [5.41, 5.74) is 2.32. The lowest BCUT2D eigenvalue weighted by atomic mass is 10.1. The summed E-state index contributed by atoms with van der Waals surface area (Å²) < 4.78 is 6.44. The van der Waals surface area contributed by atoms with E-state index >= 15 is 0 Å². The minimum Gasteiger partial charge on any atom is -0.383 e. The number of carbonyl (C=O) groups is 1. The number of hydrogen-bond donors (Lipinski definition) is 0. The molecule has 4 heteroatoms. The van der Waals surface area contributed by atoms with Crippen LogP contribution >= 0.6 is 11.3 Å². The molecule has 0 aliphatic rings. The highest BCUT2D eigenvalue weighted by Crippen LogP contribution is 2.22. The van der Waals surface area contributed by atoms with E-state index in [1.165, 1.54) is 15.6 Å². The summed E-state index contributed by atoms with van der Waals surface area (Å²) in [6, 6.07) is 18.7. The zero-order chi connectivity index (χ0) is 17.5. The lowest BCUT2D eigenvalue weighted by Gasteiger charge is -2.22. The van der Waals surface area contributed by atoms with E-state index in [0.717, 1.165) is 12.0 Å². The molecule has 1 amide bonds. The third-order valence-corrected chi connectivity index (χ3v) is 5.20. The molecule has 0 bridgehead atoms. The molecule has 0 saturated carbocycles. The van der Waals surface area contributed by atoms with Gasteiger partial charge in [-0.25, -0.2) is 0 Å². The minimum atomic E-state index is 0.155. The second-order valence-electron chi connectivity index (χ2n) is 6.08. The van der Waals surface area contributed by atoms with Gasteiger partial charge >= 0.3 is 0 Å². The number of rotatable bonds is 8. The van der Waals surface area contributed by atoms with Gasteiger partial charge in [-0.15, -0.1) is 11.3 Å². The standard InChI is InChI=1S/C21H23NO2S/c1-24-13-12-22(11-9-17-5-3-2-4-6-17)21(23)16-18-7-8-20-19(15-18)10-14-25-20/h2-8,10,14-15H,9,11-13,16H2,1H3. The molecule has 0 unspecified atom stereocenters. The van der Waals surface area contributed by atoms with Crippen LogP contribution in [0.25, 0.3) is 10.1 Å². The summed E-state index contributed by atoms with van der Waals surface area (Å²) in [5, 5.41) is 3.30. The molecule has 0 N–H and O–H groups in total. The number of thiophene rings is 1. The van der Waals surface area contributed by atoms with Crippen molar-refractivity contribution in [2.75, 3.05) is 26.8 Å². The molecule has 3 nitrogen and oxygen atoms in total. The van der Waals surface area contributed by atoms with E-state index in [9.17, 15) is 4.79 Å². The van der Waals surface area contributed by atoms with Crippen LogP contribution in [-0.4, -0.2) is 37.6 Å². The second kappa shape index (κ2) is 8.79. The minimum absolute atomic E-state index is 0.155. The van der Waals surface area contributed by atoms with E-state index in [1.807, 2.05) is 23.1 Å². The first kappa shape index (κ1) is 17.6. The molecular weight excluding hydrogens is 330 g/mol. The Morgan fingerprint density at radius 2 is 1.88 bits per heavy atom. The fourth-order valence-corrected chi connectivity index (χ4v) is 3.65. The summed E-state index contributed by atoms with van der Waals surface area (Å²) in [4.78, 5) is 14.7. The Morgan fingerprint density at radius 1 is 1.04 bits per heavy atom. The summed E-state index contributed by atoms with van der Waals surface area (Å²) in [6.07, 6.45) is 1.30. The van der Waals surface area contributed by atoms with Crippen LogP contribution in [0, 0.1) is 0 Å². The van der Waals surface area contributed by atoms with Crippen molar-refractivity contribution in [2.24, 2.45) is 0 Å². The second-order valence-corrected chi connectivity index (χ2v) is 7.03. The maximum absolute atomic E-state index is 12.8. The van der Waals surface area contributed by atoms with E-state index in [1.54, 1.807) is 18.4 Å². The van der Waals surface area contributed by atoms with Gasteiger partial charge in [0.15, 0.2) is 0 Å². The number of amides is 1. The molecule has 1 heterocycles. The normalized spacial score (nSPS) is 10.9. The SMILES string of the molecule is COCCN(CCc1ccccc1)C(=O)Cc1ccc2sccc2c1. The summed E-state index contributed by atoms with van der Waals surface area (Å²) in [7, 11) is 1.67. The smallest absolute Gasteiger partial charge is 0.227 e. The fraction of sp³-hybridized carbons (Fsp3) is 0.286. The molecule has 0 radical (unpaired) electrons. The average Bonchev–Trinajstić information content (AvgIpc) is 3.10. The van der Waals surface area contributed by atoms with E-state index in [2.05, 4.69) is 41.8 Å². The maximum Gasteiger partial charge on any atom is 0.227 e. The Hall–Kier alpha value is -2.17. The van der Waals surface area contributed by atoms with Crippen LogP contribution in [0.4, 0.5) is 0 Å². The molecule has 0 aliphatic heterocycles. The molecule has 2 aromatic carbocycles. The lowest BCUT2D eigenvalue weighted by Crippen LogP contribution is -2.36. The molecule has 0 saturated heterocycles. The first-order valence-corrected chi connectivity index (χ1v) is 9.41. The summed E-state index contributed by atoms with van der Waals surface area (Å²) in [5.74, 6) is 0.155. The van der Waals surface area contributed by atoms with Crippen molar-refractivity contribution in [3.8, 4) is 0 Å². The Kier molecular flexibility index (Phi) is 6.20. The first-order valence-electron chi connectivity index (χ1n) is 8.53. The molecular formula is C21H23NO2S. The van der Waals surface area contributed by atoms with Crippen molar-refractivity contribution >= 4 is 27.3 Å². The van der Waals surface area contributed by atoms with Crippen LogP contribution < -0.4 is 0 Å². The third-order valence-electron chi connectivity index (χ3n) is 4.30. The Balaban J connectivity index is 1.65. The molecule has 0 aliphatic carbocycles. The van der Waals surface area contributed by atoms with Crippen molar-refractivity contribution in [3.05, 3.63) is 71.1 Å². The Labute approximate surface area is 152 Å². The van der Waals surface area contributed by atoms with Gasteiger partial charge in [0.2, 0.25) is 5.91 Å². The monoisotopic (exact) mass is 353 g/mol. The zero-order valence-corrected chi connectivity index (χ0v) is 15.3. The van der Waals surface area contributed by atoms with Crippen LogP contribution in [-0.2, 0) is 22.4 Å². The molecule has 25 heavy (non-hydrogen) atoms. The molecule has 130 valence electrons. The summed E-state index contributed by atoms with van der Waals surface area (Å²) in [6.45, 7) is 1.90. The van der Waals surface area contributed by atoms with Crippen molar-refractivity contribution < 1.29 is 9.53 Å². The van der Waals surface area contributed by atoms with Gasteiger partial charge in [-0.1, -0.05) is 36.4 Å². The van der Waals surface area contributed by atoms with Gasteiger partial charge in [0.25, 0.3) is 0 Å². The highest BCUT2D eigenvalue weighted by Gasteiger charge is 2.14. The van der Waals surface area contributed by atoms with Gasteiger partial charge < -0.3 is 9.64 Å². The van der Waals surface area contributed by atoms with Gasteiger partial charge in [0, 0.05) is 24.9 Å². The third kappa shape index (κ3) is 4.91. The van der Waals surface area contributed by atoms with Gasteiger partial charge in [-0.3, -0.25) is 4.79 Å². The molecule has 0 atom stereocenters. The topological polar surface area (TPSA) is 29.5 Å². The number of methoxy groups -OCH3 is 1. The van der Waals surface area contributed by atoms with Crippen LogP contribution in [0.3, 0.4) is 0 Å². The number of hydrogen-bond acceptors (Lipinski definition) is 3. The largest absolute Gasteiger partial charge is 0.383 e. The predicted molar refractivity (Wildman–Crippen MR) is 104 cm³/mol. The quantitative estimate of drug-likeness (QED) is 0.608. The van der Waals surface area contributed by atoms with E-state index in [-0.39, 0.29) is 5.91 Å². The molecule has 3 aromatic rings. The van der Waals surface area contributed by atoms with Crippen LogP contribution in [0.5, 0.6) is 0 Å². The summed E-state index contributed by atoms with van der Waals surface area (Å²) >= 11 is 1.73. The average molecular weight is 353 g/mol. The lowest BCUT2D eigenvalue weighted by molar-refractivity contribution is -0.131. The number of ether oxygens (including phenoxy) is 1. The number of carbonyl (C=O) groups excluding carboxylic acids is 1. The zero-order valence-electron chi connectivity index (χ0n) is 14.5. The molecule has 1 aromatic heterocycles. The molecule has 3 rings (SSSR count). The molecule has 0 spiro atoms. The maximum atomic E-state index is 12.8. The van der Waals surface area contributed by atoms with Gasteiger partial charge in [-0.05, 0) is 46.5 Å². The predicted octanol–water partition coefficient (Wildman–Crippen LogP) is 4.16. The highest BCUT2D eigenvalue weighted by atomic mass is 32.1. The van der Waals surface area contributed by atoms with E-state index in [0.29, 0.717) is 26.1 Å². The first-order chi connectivity index (χ1) is 12.3. The van der Waals surface area contributed by atoms with Crippen LogP contribution in [0.15, 0.2) is 60.0 Å². The van der Waals surface area contributed by atoms with Crippen LogP contribution in [0.2, 0.25) is 0 Å². The van der Waals surface area contributed by atoms with Gasteiger partial charge in [0.1, 0.15) is 0 Å². The van der Waals surface area contributed by atoms with Crippen molar-refractivity contribution in [1.29, 1.82) is 0 Å². The number of benzene rings is 2. The van der Waals surface area contributed by atoms with E-state index < -0.39 is 0 Å². The van der Waals surface area contributed by atoms with E-state index in [4.69, 9.17) is 4.74 Å². The van der Waals surface area contributed by atoms with Gasteiger partial charge in [0.05, 0.1) is 13.0 Å². The Bertz CT molecular complexity index is 813. The number of nitrogens with zero attached hydrogens (tertiary/aromatic N) is 1. The van der Waals surface area contributed by atoms with Crippen molar-refractivity contribution in [1.82, 2.24) is 4.90 Å². The van der Waals surface area contributed by atoms with Gasteiger partial charge in [-0.2, -0.15) is 0 Å². The molecule has 0 fully saturated rings. The number of fused-ring (bicyclic) bond motifs is 1. The van der Waals surface area contributed by atoms with Crippen molar-refractivity contribution in [2.45, 2.75) is 12.8 Å². The Morgan fingerprint density at radius 3 is 2.68 bits per heavy atom. The van der Waals surface area contributed by atoms with Crippen molar-refractivity contribution in [3.63, 3.8) is 0 Å². The fourth-order valence-electron chi connectivity index (χ4n) is 2.88. The highest BCUT2D eigenvalue weighted by molar-refractivity contribution is 7.17.